The van der Waals surface area contributed by atoms with Crippen molar-refractivity contribution in [2.24, 2.45) is 0 Å². The van der Waals surface area contributed by atoms with E-state index in [0.717, 1.165) is 51.4 Å². The first kappa shape index (κ1) is 58.9. The summed E-state index contributed by atoms with van der Waals surface area (Å²) in [6.07, 6.45) is 45.8. The number of aliphatic hydroxyl groups is 2. The molecule has 356 valence electrons. The highest BCUT2D eigenvalue weighted by atomic mass is 31.2. The van der Waals surface area contributed by atoms with E-state index in [1.54, 1.807) is 21.0 Å². The molecule has 0 aliphatic heterocycles. The van der Waals surface area contributed by atoms with E-state index in [4.69, 9.17) is 14.0 Å². The number of ether oxygens (including phenoxy) is 2. The number of quaternary nitrogens is 1. The van der Waals surface area contributed by atoms with Gasteiger partial charge in [-0.2, -0.15) is 0 Å². The number of nitrogens with zero attached hydrogens (tertiary/aromatic N) is 1. The number of esters is 1. The minimum atomic E-state index is -4.36. The lowest BCUT2D eigenvalue weighted by atomic mass is 10.1. The van der Waals surface area contributed by atoms with Crippen LogP contribution in [0.15, 0.2) is 24.3 Å². The SMILES string of the molecule is CCCCCCCC/C=C\CCCCCCCCCCCCO[C@H](COC(=O)CCCCCCC/C=C\CCCCCCCC)COP(=O)([O-])C(C)[N+](C)(C)CCC(O)O. The Morgan fingerprint density at radius 3 is 1.40 bits per heavy atom. The molecule has 2 N–H and O–H groups in total. The summed E-state index contributed by atoms with van der Waals surface area (Å²) in [5, 5.41) is 18.6. The molecule has 0 rings (SSSR count). The molecule has 0 heterocycles. The molecule has 2 unspecified atom stereocenters. The predicted octanol–water partition coefficient (Wildman–Crippen LogP) is 13.2. The molecule has 0 aliphatic rings. The van der Waals surface area contributed by atoms with Crippen LogP contribution in [0.2, 0.25) is 0 Å². The van der Waals surface area contributed by atoms with Crippen LogP contribution in [0.1, 0.15) is 233 Å². The van der Waals surface area contributed by atoms with Crippen LogP contribution in [0.3, 0.4) is 0 Å². The molecule has 0 amide bonds. The Morgan fingerprint density at radius 1 is 0.600 bits per heavy atom. The fraction of sp³-hybridized carbons (Fsp3) is 0.900. The zero-order valence-corrected chi connectivity index (χ0v) is 40.8. The molecule has 3 atom stereocenters. The molecule has 0 aromatic rings. The van der Waals surface area contributed by atoms with E-state index in [2.05, 4.69) is 38.2 Å². The molecular formula is C50H98NO8P. The van der Waals surface area contributed by atoms with Gasteiger partial charge in [0, 0.05) is 19.4 Å². The molecule has 9 nitrogen and oxygen atoms in total. The topological polar surface area (TPSA) is 125 Å². The van der Waals surface area contributed by atoms with E-state index in [-0.39, 0.29) is 36.6 Å². The van der Waals surface area contributed by atoms with Gasteiger partial charge in [-0.15, -0.1) is 0 Å². The molecule has 60 heavy (non-hydrogen) atoms. The highest BCUT2D eigenvalue weighted by molar-refractivity contribution is 7.51. The number of hydrogen-bond donors (Lipinski definition) is 2. The Bertz CT molecular complexity index is 1050. The quantitative estimate of drug-likeness (QED) is 0.0155. The van der Waals surface area contributed by atoms with Gasteiger partial charge < -0.3 is 38.2 Å². The van der Waals surface area contributed by atoms with Crippen molar-refractivity contribution in [3.05, 3.63) is 24.3 Å². The van der Waals surface area contributed by atoms with Crippen LogP contribution in [0.5, 0.6) is 0 Å². The molecule has 0 aromatic heterocycles. The van der Waals surface area contributed by atoms with E-state index in [9.17, 15) is 24.5 Å². The third-order valence-corrected chi connectivity index (χ3v) is 14.0. The van der Waals surface area contributed by atoms with E-state index < -0.39 is 25.8 Å². The van der Waals surface area contributed by atoms with Gasteiger partial charge in [0.05, 0.1) is 27.2 Å². The van der Waals surface area contributed by atoms with Gasteiger partial charge in [-0.1, -0.05) is 173 Å². The van der Waals surface area contributed by atoms with Gasteiger partial charge >= 0.3 is 5.97 Å². The van der Waals surface area contributed by atoms with Crippen LogP contribution in [-0.2, 0) is 23.4 Å². The van der Waals surface area contributed by atoms with Crippen molar-refractivity contribution in [3.63, 3.8) is 0 Å². The Kier molecular flexibility index (Phi) is 41.2. The van der Waals surface area contributed by atoms with Crippen molar-refractivity contribution in [3.8, 4) is 0 Å². The highest BCUT2D eigenvalue weighted by Crippen LogP contribution is 2.46. The Morgan fingerprint density at radius 2 is 0.983 bits per heavy atom. The van der Waals surface area contributed by atoms with Gasteiger partial charge in [0.1, 0.15) is 18.5 Å². The molecule has 0 fully saturated rings. The largest absolute Gasteiger partial charge is 0.774 e. The van der Waals surface area contributed by atoms with Gasteiger partial charge in [-0.3, -0.25) is 4.79 Å². The molecule has 0 saturated carbocycles. The molecule has 0 radical (unpaired) electrons. The summed E-state index contributed by atoms with van der Waals surface area (Å²) in [6, 6.07) is 0. The lowest BCUT2D eigenvalue weighted by Crippen LogP contribution is -2.50. The second-order valence-electron chi connectivity index (χ2n) is 18.1. The standard InChI is InChI=1S/C50H98NO8P/c1-6-8-10-12-14-16-18-20-22-23-24-25-26-28-30-32-34-36-38-40-44-57-48(46-59-60(55,56)47(3)51(4,5)43-42-49(52)53)45-58-50(54)41-39-37-35-33-31-29-27-21-19-17-15-13-11-9-7-2/h20-22,27,47-49,52-53H,6-19,23-26,28-46H2,1-5H3/b22-20-,27-21-/t47?,48-/m1/s1. The van der Waals surface area contributed by atoms with Gasteiger partial charge in [0.25, 0.3) is 0 Å². The summed E-state index contributed by atoms with van der Waals surface area (Å²) < 4.78 is 30.3. The minimum absolute atomic E-state index is 0.0197. The number of hydrogen-bond acceptors (Lipinski definition) is 8. The van der Waals surface area contributed by atoms with Gasteiger partial charge in [-0.25, -0.2) is 0 Å². The third kappa shape index (κ3) is 38.6. The summed E-state index contributed by atoms with van der Waals surface area (Å²) >= 11 is 0. The number of aliphatic hydroxyl groups excluding tert-OH is 1. The van der Waals surface area contributed by atoms with Crippen molar-refractivity contribution < 1.29 is 42.9 Å². The Labute approximate surface area is 371 Å². The summed E-state index contributed by atoms with van der Waals surface area (Å²) in [5.41, 5.74) is 0. The van der Waals surface area contributed by atoms with E-state index in [1.165, 1.54) is 148 Å². The Balaban J connectivity index is 4.42. The minimum Gasteiger partial charge on any atom is -0.774 e. The number of carbonyl (C=O) groups is 1. The zero-order valence-electron chi connectivity index (χ0n) is 39.9. The van der Waals surface area contributed by atoms with Crippen molar-refractivity contribution in [2.45, 2.75) is 251 Å². The number of allylic oxidation sites excluding steroid dienone is 4. The van der Waals surface area contributed by atoms with Gasteiger partial charge in [0.2, 0.25) is 0 Å². The molecule has 10 heteroatoms. The average Bonchev–Trinajstić information content (AvgIpc) is 3.22. The molecular weight excluding hydrogens is 774 g/mol. The lowest BCUT2D eigenvalue weighted by Gasteiger charge is -2.42. The van der Waals surface area contributed by atoms with Crippen LogP contribution in [0.25, 0.3) is 0 Å². The third-order valence-electron chi connectivity index (χ3n) is 12.0. The smallest absolute Gasteiger partial charge is 0.305 e. The fourth-order valence-electron chi connectivity index (χ4n) is 7.36. The average molecular weight is 872 g/mol. The van der Waals surface area contributed by atoms with Crippen LogP contribution >= 0.6 is 7.60 Å². The molecule has 0 aliphatic carbocycles. The van der Waals surface area contributed by atoms with Gasteiger partial charge in [0.15, 0.2) is 13.9 Å². The van der Waals surface area contributed by atoms with Crippen LogP contribution in [-0.4, -0.2) is 79.3 Å². The van der Waals surface area contributed by atoms with Crippen LogP contribution < -0.4 is 4.89 Å². The monoisotopic (exact) mass is 872 g/mol. The summed E-state index contributed by atoms with van der Waals surface area (Å²) in [7, 11) is -0.911. The zero-order chi connectivity index (χ0) is 44.4. The summed E-state index contributed by atoms with van der Waals surface area (Å²) in [6.45, 7) is 6.50. The lowest BCUT2D eigenvalue weighted by molar-refractivity contribution is -0.902. The van der Waals surface area contributed by atoms with E-state index >= 15 is 0 Å². The predicted molar refractivity (Wildman–Crippen MR) is 251 cm³/mol. The normalized spacial score (nSPS) is 14.4. The molecule has 0 spiro atoms. The maximum Gasteiger partial charge on any atom is 0.305 e. The Hall–Kier alpha value is -1.06. The van der Waals surface area contributed by atoms with E-state index in [1.807, 2.05) is 0 Å². The van der Waals surface area contributed by atoms with Crippen LogP contribution in [0, 0.1) is 0 Å². The number of carbonyl (C=O) groups excluding carboxylic acids is 1. The maximum atomic E-state index is 13.2. The maximum absolute atomic E-state index is 13.2. The highest BCUT2D eigenvalue weighted by Gasteiger charge is 2.35. The number of unbranched alkanes of at least 4 members (excludes halogenated alkanes) is 27. The van der Waals surface area contributed by atoms with Gasteiger partial charge in [-0.05, 0) is 71.1 Å². The number of rotatable bonds is 46. The van der Waals surface area contributed by atoms with Crippen molar-refractivity contribution in [1.29, 1.82) is 0 Å². The first-order valence-corrected chi connectivity index (χ1v) is 26.8. The van der Waals surface area contributed by atoms with E-state index in [0.29, 0.717) is 13.0 Å². The summed E-state index contributed by atoms with van der Waals surface area (Å²) in [4.78, 5) is 25.8. The fourth-order valence-corrected chi connectivity index (χ4v) is 8.83. The molecule has 0 bridgehead atoms. The molecule has 0 aromatic carbocycles. The first-order chi connectivity index (χ1) is 29.0. The van der Waals surface area contributed by atoms with Crippen molar-refractivity contribution in [1.82, 2.24) is 0 Å². The summed E-state index contributed by atoms with van der Waals surface area (Å²) in [5.74, 6) is -1.21. The second-order valence-corrected chi connectivity index (χ2v) is 20.2. The molecule has 0 saturated heterocycles. The van der Waals surface area contributed by atoms with Crippen molar-refractivity contribution >= 4 is 13.6 Å². The van der Waals surface area contributed by atoms with Crippen molar-refractivity contribution in [2.75, 3.05) is 40.5 Å². The van der Waals surface area contributed by atoms with Crippen LogP contribution in [0.4, 0.5) is 0 Å². The first-order valence-electron chi connectivity index (χ1n) is 25.2. The second kappa shape index (κ2) is 41.9.